The molecule has 1 aromatic carbocycles. The molecule has 4 heteroatoms. The minimum atomic E-state index is 0.143. The van der Waals surface area contributed by atoms with E-state index in [2.05, 4.69) is 20.9 Å². The molecule has 0 amide bonds. The zero-order valence-electron chi connectivity index (χ0n) is 6.13. The first-order chi connectivity index (χ1) is 5.70. The van der Waals surface area contributed by atoms with Gasteiger partial charge < -0.3 is 15.8 Å². The molecular weight excluding hydrogens is 220 g/mol. The van der Waals surface area contributed by atoms with E-state index in [1.54, 1.807) is 12.3 Å². The van der Waals surface area contributed by atoms with Crippen LogP contribution in [0.3, 0.4) is 0 Å². The SMILES string of the molecule is Nc1ccc(Br)c2c(O)[nH]cc12. The third-order valence-corrected chi connectivity index (χ3v) is 2.48. The zero-order valence-corrected chi connectivity index (χ0v) is 7.72. The molecule has 0 unspecified atom stereocenters. The highest BCUT2D eigenvalue weighted by Gasteiger charge is 2.07. The average Bonchev–Trinajstić information content (AvgIpc) is 2.42. The first-order valence-corrected chi connectivity index (χ1v) is 4.23. The van der Waals surface area contributed by atoms with Gasteiger partial charge in [-0.3, -0.25) is 0 Å². The molecule has 1 aromatic heterocycles. The van der Waals surface area contributed by atoms with Crippen LogP contribution in [0.4, 0.5) is 5.69 Å². The molecule has 0 bridgehead atoms. The van der Waals surface area contributed by atoms with Crippen molar-refractivity contribution in [2.75, 3.05) is 5.73 Å². The summed E-state index contributed by atoms with van der Waals surface area (Å²) in [7, 11) is 0. The number of hydrogen-bond acceptors (Lipinski definition) is 2. The third-order valence-electron chi connectivity index (χ3n) is 1.82. The number of H-pyrrole nitrogens is 1. The van der Waals surface area contributed by atoms with E-state index in [0.717, 1.165) is 15.2 Å². The van der Waals surface area contributed by atoms with E-state index in [-0.39, 0.29) is 5.88 Å². The van der Waals surface area contributed by atoms with Crippen LogP contribution >= 0.6 is 15.9 Å². The van der Waals surface area contributed by atoms with Gasteiger partial charge in [0.25, 0.3) is 0 Å². The number of nitrogens with one attached hydrogen (secondary N) is 1. The number of fused-ring (bicyclic) bond motifs is 1. The Morgan fingerprint density at radius 2 is 2.17 bits per heavy atom. The Bertz CT molecular complexity index is 436. The summed E-state index contributed by atoms with van der Waals surface area (Å²) in [5.41, 5.74) is 6.34. The van der Waals surface area contributed by atoms with Gasteiger partial charge in [0.05, 0.1) is 5.39 Å². The lowest BCUT2D eigenvalue weighted by Crippen LogP contribution is -1.84. The van der Waals surface area contributed by atoms with E-state index < -0.39 is 0 Å². The quantitative estimate of drug-likeness (QED) is 0.604. The highest BCUT2D eigenvalue weighted by Crippen LogP contribution is 2.34. The van der Waals surface area contributed by atoms with Gasteiger partial charge >= 0.3 is 0 Å². The Balaban J connectivity index is 2.98. The number of anilines is 1. The molecular formula is C8H7BrN2O. The van der Waals surface area contributed by atoms with E-state index >= 15 is 0 Å². The van der Waals surface area contributed by atoms with Crippen LogP contribution in [-0.4, -0.2) is 10.1 Å². The topological polar surface area (TPSA) is 62.0 Å². The van der Waals surface area contributed by atoms with Crippen LogP contribution in [0.5, 0.6) is 5.88 Å². The summed E-state index contributed by atoms with van der Waals surface area (Å²) in [6, 6.07) is 3.60. The minimum absolute atomic E-state index is 0.143. The number of halogens is 1. The zero-order chi connectivity index (χ0) is 8.72. The number of aromatic amines is 1. The largest absolute Gasteiger partial charge is 0.494 e. The molecule has 0 radical (unpaired) electrons. The van der Waals surface area contributed by atoms with Crippen molar-refractivity contribution in [1.29, 1.82) is 0 Å². The second kappa shape index (κ2) is 2.42. The molecule has 2 rings (SSSR count). The standard InChI is InChI=1S/C8H7BrN2O/c9-5-1-2-6(10)4-3-11-8(12)7(4)5/h1-3,11-12H,10H2. The summed E-state index contributed by atoms with van der Waals surface area (Å²) in [5, 5.41) is 10.9. The maximum absolute atomic E-state index is 9.38. The molecule has 0 aliphatic heterocycles. The van der Waals surface area contributed by atoms with Crippen molar-refractivity contribution in [3.63, 3.8) is 0 Å². The molecule has 0 saturated carbocycles. The number of aromatic nitrogens is 1. The molecule has 3 nitrogen and oxygen atoms in total. The molecule has 2 aromatic rings. The summed E-state index contributed by atoms with van der Waals surface area (Å²) in [4.78, 5) is 2.70. The Morgan fingerprint density at radius 1 is 1.42 bits per heavy atom. The molecule has 1 heterocycles. The Kier molecular flexibility index (Phi) is 1.51. The lowest BCUT2D eigenvalue weighted by molar-refractivity contribution is 0.462. The fraction of sp³-hybridized carbons (Fsp3) is 0. The summed E-state index contributed by atoms with van der Waals surface area (Å²) in [6.45, 7) is 0. The molecule has 0 atom stereocenters. The number of rotatable bonds is 0. The van der Waals surface area contributed by atoms with Crippen molar-refractivity contribution in [2.24, 2.45) is 0 Å². The van der Waals surface area contributed by atoms with Crippen molar-refractivity contribution < 1.29 is 5.11 Å². The molecule has 62 valence electrons. The highest BCUT2D eigenvalue weighted by atomic mass is 79.9. The second-order valence-corrected chi connectivity index (χ2v) is 3.42. The fourth-order valence-electron chi connectivity index (χ4n) is 1.22. The van der Waals surface area contributed by atoms with Crippen molar-refractivity contribution in [2.45, 2.75) is 0 Å². The molecule has 0 fully saturated rings. The van der Waals surface area contributed by atoms with E-state index in [1.165, 1.54) is 0 Å². The van der Waals surface area contributed by atoms with Crippen LogP contribution in [0, 0.1) is 0 Å². The monoisotopic (exact) mass is 226 g/mol. The van der Waals surface area contributed by atoms with Gasteiger partial charge in [-0.2, -0.15) is 0 Å². The van der Waals surface area contributed by atoms with Gasteiger partial charge in [-0.05, 0) is 28.1 Å². The highest BCUT2D eigenvalue weighted by molar-refractivity contribution is 9.10. The second-order valence-electron chi connectivity index (χ2n) is 2.56. The van der Waals surface area contributed by atoms with Crippen LogP contribution in [0.25, 0.3) is 10.8 Å². The van der Waals surface area contributed by atoms with Gasteiger partial charge in [-0.25, -0.2) is 0 Å². The number of aromatic hydroxyl groups is 1. The maximum Gasteiger partial charge on any atom is 0.197 e. The number of nitrogens with two attached hydrogens (primary N) is 1. The number of nitrogen functional groups attached to an aromatic ring is 1. The molecule has 4 N–H and O–H groups in total. The summed E-state index contributed by atoms with van der Waals surface area (Å²) >= 11 is 3.33. The van der Waals surface area contributed by atoms with E-state index in [4.69, 9.17) is 5.73 Å². The maximum atomic E-state index is 9.38. The molecule has 0 saturated heterocycles. The Labute approximate surface area is 77.3 Å². The van der Waals surface area contributed by atoms with Crippen LogP contribution in [-0.2, 0) is 0 Å². The number of benzene rings is 1. The van der Waals surface area contributed by atoms with Gasteiger partial charge in [0, 0.05) is 21.7 Å². The van der Waals surface area contributed by atoms with E-state index in [9.17, 15) is 5.11 Å². The van der Waals surface area contributed by atoms with Crippen molar-refractivity contribution in [3.05, 3.63) is 22.8 Å². The van der Waals surface area contributed by atoms with Crippen molar-refractivity contribution in [1.82, 2.24) is 4.98 Å². The van der Waals surface area contributed by atoms with E-state index in [0.29, 0.717) is 5.69 Å². The smallest absolute Gasteiger partial charge is 0.197 e. The average molecular weight is 227 g/mol. The molecule has 0 spiro atoms. The Hall–Kier alpha value is -1.16. The summed E-state index contributed by atoms with van der Waals surface area (Å²) in [6.07, 6.45) is 1.69. The number of hydrogen-bond donors (Lipinski definition) is 3. The first-order valence-electron chi connectivity index (χ1n) is 3.44. The minimum Gasteiger partial charge on any atom is -0.494 e. The van der Waals surface area contributed by atoms with Gasteiger partial charge in [-0.1, -0.05) is 0 Å². The van der Waals surface area contributed by atoms with Crippen molar-refractivity contribution in [3.8, 4) is 5.88 Å². The summed E-state index contributed by atoms with van der Waals surface area (Å²) < 4.78 is 0.838. The van der Waals surface area contributed by atoms with Crippen molar-refractivity contribution >= 4 is 32.4 Å². The lowest BCUT2D eigenvalue weighted by atomic mass is 10.2. The molecule has 0 aliphatic carbocycles. The Morgan fingerprint density at radius 3 is 2.83 bits per heavy atom. The van der Waals surface area contributed by atoms with Gasteiger partial charge in [0.1, 0.15) is 0 Å². The van der Waals surface area contributed by atoms with Gasteiger partial charge in [0.2, 0.25) is 0 Å². The van der Waals surface area contributed by atoms with E-state index in [1.807, 2.05) is 6.07 Å². The molecule has 12 heavy (non-hydrogen) atoms. The normalized spacial score (nSPS) is 10.8. The predicted molar refractivity (Wildman–Crippen MR) is 52.1 cm³/mol. The van der Waals surface area contributed by atoms with Crippen LogP contribution in [0.1, 0.15) is 0 Å². The lowest BCUT2D eigenvalue weighted by Gasteiger charge is -1.97. The third kappa shape index (κ3) is 0.881. The van der Waals surface area contributed by atoms with Crippen LogP contribution in [0.15, 0.2) is 22.8 Å². The summed E-state index contributed by atoms with van der Waals surface area (Å²) in [5.74, 6) is 0.143. The first kappa shape index (κ1) is 7.49. The van der Waals surface area contributed by atoms with Crippen LogP contribution in [0.2, 0.25) is 0 Å². The fourth-order valence-corrected chi connectivity index (χ4v) is 1.75. The van der Waals surface area contributed by atoms with Gasteiger partial charge in [-0.15, -0.1) is 0 Å². The predicted octanol–water partition coefficient (Wildman–Crippen LogP) is 2.22. The van der Waals surface area contributed by atoms with Crippen LogP contribution < -0.4 is 5.73 Å². The van der Waals surface area contributed by atoms with Gasteiger partial charge in [0.15, 0.2) is 5.88 Å². The molecule has 0 aliphatic rings.